The van der Waals surface area contributed by atoms with Crippen LogP contribution >= 0.6 is 0 Å². The van der Waals surface area contributed by atoms with Gasteiger partial charge < -0.3 is 19.7 Å². The zero-order valence-electron chi connectivity index (χ0n) is 14.7. The predicted molar refractivity (Wildman–Crippen MR) is 93.4 cm³/mol. The minimum Gasteiger partial charge on any atom is -0.486 e. The molecule has 0 aliphatic carbocycles. The van der Waals surface area contributed by atoms with E-state index in [0.717, 1.165) is 43.9 Å². The van der Waals surface area contributed by atoms with E-state index in [9.17, 15) is 4.79 Å². The molecule has 2 heterocycles. The number of carbonyl (C=O) groups is 1. The standard InChI is InChI=1S/C19H28N2O3/c1-14(2)21-11-8-15(9-12-21)19(22)20-10-7-16-13-23-17-5-3-4-6-18(17)24-16/h3-6,14-16H,7-13H2,1-2H3,(H,20,22)/t16-/m0/s1. The molecule has 1 aromatic carbocycles. The zero-order valence-corrected chi connectivity index (χ0v) is 14.7. The Kier molecular flexibility index (Phi) is 5.61. The van der Waals surface area contributed by atoms with Gasteiger partial charge >= 0.3 is 0 Å². The van der Waals surface area contributed by atoms with Gasteiger partial charge in [0.25, 0.3) is 0 Å². The molecule has 1 aromatic rings. The van der Waals surface area contributed by atoms with Gasteiger partial charge in [0.2, 0.25) is 5.91 Å². The highest BCUT2D eigenvalue weighted by Crippen LogP contribution is 2.31. The highest BCUT2D eigenvalue weighted by molar-refractivity contribution is 5.78. The molecule has 0 unspecified atom stereocenters. The van der Waals surface area contributed by atoms with Gasteiger partial charge in [0, 0.05) is 24.9 Å². The van der Waals surface area contributed by atoms with E-state index in [1.807, 2.05) is 24.3 Å². The molecular formula is C19H28N2O3. The van der Waals surface area contributed by atoms with Crippen LogP contribution in [0.15, 0.2) is 24.3 Å². The lowest BCUT2D eigenvalue weighted by atomic mass is 9.95. The van der Waals surface area contributed by atoms with Crippen molar-refractivity contribution in [2.24, 2.45) is 5.92 Å². The number of fused-ring (bicyclic) bond motifs is 1. The number of para-hydroxylation sites is 2. The summed E-state index contributed by atoms with van der Waals surface area (Å²) >= 11 is 0. The molecular weight excluding hydrogens is 304 g/mol. The lowest BCUT2D eigenvalue weighted by Crippen LogP contribution is -2.43. The molecule has 5 heteroatoms. The van der Waals surface area contributed by atoms with Gasteiger partial charge in [0.05, 0.1) is 0 Å². The number of hydrogen-bond donors (Lipinski definition) is 1. The maximum absolute atomic E-state index is 12.3. The molecule has 1 atom stereocenters. The average molecular weight is 332 g/mol. The van der Waals surface area contributed by atoms with Crippen molar-refractivity contribution in [2.45, 2.75) is 45.3 Å². The van der Waals surface area contributed by atoms with E-state index in [1.54, 1.807) is 0 Å². The molecule has 1 saturated heterocycles. The molecule has 5 nitrogen and oxygen atoms in total. The van der Waals surface area contributed by atoms with Crippen LogP contribution in [0.25, 0.3) is 0 Å². The minimum atomic E-state index is 0.00277. The van der Waals surface area contributed by atoms with Crippen molar-refractivity contribution < 1.29 is 14.3 Å². The van der Waals surface area contributed by atoms with Gasteiger partial charge in [-0.15, -0.1) is 0 Å². The molecule has 1 amide bonds. The van der Waals surface area contributed by atoms with E-state index in [2.05, 4.69) is 24.1 Å². The zero-order chi connectivity index (χ0) is 16.9. The van der Waals surface area contributed by atoms with Crippen LogP contribution < -0.4 is 14.8 Å². The molecule has 0 saturated carbocycles. The Morgan fingerprint density at radius 1 is 1.25 bits per heavy atom. The lowest BCUT2D eigenvalue weighted by molar-refractivity contribution is -0.126. The minimum absolute atomic E-state index is 0.00277. The summed E-state index contributed by atoms with van der Waals surface area (Å²) in [5.41, 5.74) is 0. The summed E-state index contributed by atoms with van der Waals surface area (Å²) in [5.74, 6) is 1.94. The van der Waals surface area contributed by atoms with Gasteiger partial charge in [-0.1, -0.05) is 12.1 Å². The van der Waals surface area contributed by atoms with E-state index in [4.69, 9.17) is 9.47 Å². The van der Waals surface area contributed by atoms with Crippen LogP contribution in [0.1, 0.15) is 33.1 Å². The van der Waals surface area contributed by atoms with Crippen LogP contribution in [0.5, 0.6) is 11.5 Å². The van der Waals surface area contributed by atoms with Crippen molar-refractivity contribution in [3.8, 4) is 11.5 Å². The molecule has 0 radical (unpaired) electrons. The Morgan fingerprint density at radius 3 is 2.67 bits per heavy atom. The number of amides is 1. The van der Waals surface area contributed by atoms with E-state index >= 15 is 0 Å². The number of hydrogen-bond acceptors (Lipinski definition) is 4. The second kappa shape index (κ2) is 7.88. The monoisotopic (exact) mass is 332 g/mol. The first-order valence-electron chi connectivity index (χ1n) is 9.03. The van der Waals surface area contributed by atoms with E-state index in [0.29, 0.717) is 19.2 Å². The number of ether oxygens (including phenoxy) is 2. The van der Waals surface area contributed by atoms with Gasteiger partial charge in [-0.05, 0) is 51.9 Å². The third kappa shape index (κ3) is 4.20. The Morgan fingerprint density at radius 2 is 1.96 bits per heavy atom. The molecule has 132 valence electrons. The predicted octanol–water partition coefficient (Wildman–Crippen LogP) is 2.45. The van der Waals surface area contributed by atoms with Gasteiger partial charge in [-0.2, -0.15) is 0 Å². The largest absolute Gasteiger partial charge is 0.486 e. The van der Waals surface area contributed by atoms with Gasteiger partial charge in [-0.25, -0.2) is 0 Å². The fraction of sp³-hybridized carbons (Fsp3) is 0.632. The van der Waals surface area contributed by atoms with Crippen LogP contribution in [-0.2, 0) is 4.79 Å². The van der Waals surface area contributed by atoms with Crippen LogP contribution in [0.2, 0.25) is 0 Å². The summed E-state index contributed by atoms with van der Waals surface area (Å²) in [4.78, 5) is 14.8. The van der Waals surface area contributed by atoms with Gasteiger partial charge in [-0.3, -0.25) is 4.79 Å². The normalized spacial score (nSPS) is 21.7. The number of benzene rings is 1. The molecule has 0 aromatic heterocycles. The first-order chi connectivity index (χ1) is 11.6. The Hall–Kier alpha value is -1.75. The van der Waals surface area contributed by atoms with Crippen molar-refractivity contribution >= 4 is 5.91 Å². The van der Waals surface area contributed by atoms with Crippen LogP contribution in [0.4, 0.5) is 0 Å². The smallest absolute Gasteiger partial charge is 0.223 e. The highest BCUT2D eigenvalue weighted by atomic mass is 16.6. The molecule has 1 N–H and O–H groups in total. The number of nitrogens with zero attached hydrogens (tertiary/aromatic N) is 1. The molecule has 0 bridgehead atoms. The Labute approximate surface area is 144 Å². The third-order valence-corrected chi connectivity index (χ3v) is 4.96. The summed E-state index contributed by atoms with van der Waals surface area (Å²) in [7, 11) is 0. The number of rotatable bonds is 5. The molecule has 2 aliphatic rings. The fourth-order valence-corrected chi connectivity index (χ4v) is 3.38. The molecule has 1 fully saturated rings. The number of carbonyl (C=O) groups excluding carboxylic acids is 1. The highest BCUT2D eigenvalue weighted by Gasteiger charge is 2.26. The summed E-state index contributed by atoms with van der Waals surface area (Å²) in [6.45, 7) is 7.65. The summed E-state index contributed by atoms with van der Waals surface area (Å²) in [6.07, 6.45) is 2.69. The number of piperidine rings is 1. The van der Waals surface area contributed by atoms with Crippen LogP contribution in [-0.4, -0.2) is 49.2 Å². The quantitative estimate of drug-likeness (QED) is 0.900. The van der Waals surface area contributed by atoms with Crippen LogP contribution in [0.3, 0.4) is 0 Å². The van der Waals surface area contributed by atoms with Crippen molar-refractivity contribution in [1.82, 2.24) is 10.2 Å². The van der Waals surface area contributed by atoms with Gasteiger partial charge in [0.15, 0.2) is 11.5 Å². The van der Waals surface area contributed by atoms with Gasteiger partial charge in [0.1, 0.15) is 12.7 Å². The van der Waals surface area contributed by atoms with Crippen LogP contribution in [0, 0.1) is 5.92 Å². The van der Waals surface area contributed by atoms with Crippen molar-refractivity contribution in [2.75, 3.05) is 26.2 Å². The summed E-state index contributed by atoms with van der Waals surface area (Å²) in [5, 5.41) is 3.07. The Bertz CT molecular complexity index is 553. The van der Waals surface area contributed by atoms with Crippen molar-refractivity contribution in [3.05, 3.63) is 24.3 Å². The average Bonchev–Trinajstić information content (AvgIpc) is 2.61. The summed E-state index contributed by atoms with van der Waals surface area (Å²) < 4.78 is 11.6. The van der Waals surface area contributed by atoms with E-state index < -0.39 is 0 Å². The maximum atomic E-state index is 12.3. The van der Waals surface area contributed by atoms with Crippen molar-refractivity contribution in [3.63, 3.8) is 0 Å². The second-order valence-electron chi connectivity index (χ2n) is 6.98. The maximum Gasteiger partial charge on any atom is 0.223 e. The first kappa shape index (κ1) is 17.1. The molecule has 0 spiro atoms. The number of nitrogens with one attached hydrogen (secondary N) is 1. The van der Waals surface area contributed by atoms with E-state index in [-0.39, 0.29) is 17.9 Å². The van der Waals surface area contributed by atoms with Crippen molar-refractivity contribution in [1.29, 1.82) is 0 Å². The fourth-order valence-electron chi connectivity index (χ4n) is 3.38. The topological polar surface area (TPSA) is 50.8 Å². The molecule has 2 aliphatic heterocycles. The molecule has 3 rings (SSSR count). The molecule has 24 heavy (non-hydrogen) atoms. The van der Waals surface area contributed by atoms with E-state index in [1.165, 1.54) is 0 Å². The first-order valence-corrected chi connectivity index (χ1v) is 9.03. The second-order valence-corrected chi connectivity index (χ2v) is 6.98. The lowest BCUT2D eigenvalue weighted by Gasteiger charge is -2.34. The Balaban J connectivity index is 1.37. The summed E-state index contributed by atoms with van der Waals surface area (Å²) in [6, 6.07) is 8.28. The number of likely N-dealkylation sites (tertiary alicyclic amines) is 1. The third-order valence-electron chi connectivity index (χ3n) is 4.96. The SMILES string of the molecule is CC(C)N1CCC(C(=O)NCC[C@H]2COc3ccccc3O2)CC1.